The van der Waals surface area contributed by atoms with Gasteiger partial charge in [-0.2, -0.15) is 0 Å². The van der Waals surface area contributed by atoms with Crippen molar-refractivity contribution in [3.63, 3.8) is 0 Å². The van der Waals surface area contributed by atoms with Gasteiger partial charge in [-0.15, -0.1) is 0 Å². The number of fused-ring (bicyclic) bond motifs is 1. The summed E-state index contributed by atoms with van der Waals surface area (Å²) in [5.74, 6) is -0.601. The molecule has 1 N–H and O–H groups in total. The van der Waals surface area contributed by atoms with Crippen molar-refractivity contribution < 1.29 is 17.5 Å². The zero-order chi connectivity index (χ0) is 21.3. The molecule has 8 nitrogen and oxygen atoms in total. The molecule has 0 saturated heterocycles. The van der Waals surface area contributed by atoms with Gasteiger partial charge in [0.2, 0.25) is 5.88 Å². The molecular weight excluding hydrogens is 433 g/mol. The van der Waals surface area contributed by atoms with Crippen LogP contribution in [-0.4, -0.2) is 35.5 Å². The molecule has 4 rings (SSSR count). The molecule has 0 spiro atoms. The minimum atomic E-state index is -4.14. The zero-order valence-electron chi connectivity index (χ0n) is 15.4. The number of nitrogens with one attached hydrogen (secondary N) is 1. The summed E-state index contributed by atoms with van der Waals surface area (Å²) in [4.78, 5) is 16.4. The highest BCUT2D eigenvalue weighted by molar-refractivity contribution is 7.92. The molecule has 0 saturated carbocycles. The molecule has 0 atom stereocenters. The lowest BCUT2D eigenvalue weighted by atomic mass is 10.1. The number of aromatic nitrogens is 4. The fraction of sp³-hybridized carbons (Fsp3) is 0.0526. The lowest BCUT2D eigenvalue weighted by Gasteiger charge is -2.13. The maximum Gasteiger partial charge on any atom is 0.263 e. The number of anilines is 1. The van der Waals surface area contributed by atoms with E-state index in [0.717, 1.165) is 18.2 Å². The van der Waals surface area contributed by atoms with Crippen molar-refractivity contribution in [3.8, 4) is 17.1 Å². The largest absolute Gasteiger partial charge is 0.480 e. The van der Waals surface area contributed by atoms with Crippen LogP contribution in [-0.2, 0) is 10.0 Å². The number of methoxy groups -OCH3 is 1. The van der Waals surface area contributed by atoms with Gasteiger partial charge in [-0.1, -0.05) is 11.6 Å². The summed E-state index contributed by atoms with van der Waals surface area (Å²) in [6.07, 6.45) is 4.49. The number of sulfonamides is 1. The van der Waals surface area contributed by atoms with Gasteiger partial charge in [0.15, 0.2) is 0 Å². The number of pyridine rings is 2. The monoisotopic (exact) mass is 445 g/mol. The number of rotatable bonds is 5. The SMILES string of the molecule is COc1ncc(-c2ccc3ncncc3n2)cc1NS(=O)(=O)c1ccc(F)cc1Cl. The molecule has 0 aliphatic carbocycles. The summed E-state index contributed by atoms with van der Waals surface area (Å²) < 4.78 is 46.4. The first-order valence-electron chi connectivity index (χ1n) is 8.46. The summed E-state index contributed by atoms with van der Waals surface area (Å²) >= 11 is 5.91. The van der Waals surface area contributed by atoms with E-state index in [1.807, 2.05) is 0 Å². The normalized spacial score (nSPS) is 11.4. The number of hydrogen-bond acceptors (Lipinski definition) is 7. The minimum absolute atomic E-state index is 0.0460. The van der Waals surface area contributed by atoms with Crippen LogP contribution in [0.4, 0.5) is 10.1 Å². The number of ether oxygens (including phenoxy) is 1. The van der Waals surface area contributed by atoms with E-state index < -0.39 is 15.8 Å². The van der Waals surface area contributed by atoms with E-state index in [2.05, 4.69) is 24.7 Å². The lowest BCUT2D eigenvalue weighted by molar-refractivity contribution is 0.400. The summed E-state index contributed by atoms with van der Waals surface area (Å²) in [7, 11) is -2.78. The maximum absolute atomic E-state index is 13.3. The Morgan fingerprint density at radius 3 is 2.67 bits per heavy atom. The Hall–Kier alpha value is -3.37. The van der Waals surface area contributed by atoms with Crippen LogP contribution in [0.15, 0.2) is 60.0 Å². The molecule has 11 heteroatoms. The van der Waals surface area contributed by atoms with Crippen LogP contribution in [0, 0.1) is 5.82 Å². The summed E-state index contributed by atoms with van der Waals surface area (Å²) in [5.41, 5.74) is 2.38. The average molecular weight is 446 g/mol. The van der Waals surface area contributed by atoms with Crippen molar-refractivity contribution in [3.05, 3.63) is 66.0 Å². The lowest BCUT2D eigenvalue weighted by Crippen LogP contribution is -2.14. The third-order valence-electron chi connectivity index (χ3n) is 4.13. The van der Waals surface area contributed by atoms with Crippen LogP contribution < -0.4 is 9.46 Å². The highest BCUT2D eigenvalue weighted by Gasteiger charge is 2.21. The van der Waals surface area contributed by atoms with Crippen LogP contribution in [0.25, 0.3) is 22.3 Å². The Morgan fingerprint density at radius 2 is 1.90 bits per heavy atom. The van der Waals surface area contributed by atoms with E-state index in [1.165, 1.54) is 25.7 Å². The smallest absolute Gasteiger partial charge is 0.263 e. The highest BCUT2D eigenvalue weighted by atomic mass is 35.5. The second-order valence-corrected chi connectivity index (χ2v) is 8.14. The van der Waals surface area contributed by atoms with Gasteiger partial charge in [0.1, 0.15) is 28.2 Å². The maximum atomic E-state index is 13.3. The van der Waals surface area contributed by atoms with Crippen LogP contribution >= 0.6 is 11.6 Å². The molecule has 3 aromatic heterocycles. The zero-order valence-corrected chi connectivity index (χ0v) is 16.9. The molecule has 1 aromatic carbocycles. The van der Waals surface area contributed by atoms with E-state index in [0.29, 0.717) is 22.3 Å². The number of nitrogens with zero attached hydrogens (tertiary/aromatic N) is 4. The summed E-state index contributed by atoms with van der Waals surface area (Å²) in [6.45, 7) is 0. The predicted octanol–water partition coefficient (Wildman–Crippen LogP) is 3.69. The first kappa shape index (κ1) is 19.9. The van der Waals surface area contributed by atoms with Crippen molar-refractivity contribution in [2.75, 3.05) is 11.8 Å². The van der Waals surface area contributed by atoms with E-state index >= 15 is 0 Å². The molecule has 0 aliphatic heterocycles. The van der Waals surface area contributed by atoms with Crippen molar-refractivity contribution in [2.45, 2.75) is 4.90 Å². The molecule has 3 heterocycles. The van der Waals surface area contributed by atoms with Gasteiger partial charge >= 0.3 is 0 Å². The molecule has 0 unspecified atom stereocenters. The van der Waals surface area contributed by atoms with Crippen LogP contribution in [0.3, 0.4) is 0 Å². The molecule has 4 aromatic rings. The molecular formula is C19H13ClFN5O3S. The molecule has 0 amide bonds. The number of halogens is 2. The second kappa shape index (κ2) is 7.81. The first-order valence-corrected chi connectivity index (χ1v) is 10.3. The van der Waals surface area contributed by atoms with Crippen LogP contribution in [0.1, 0.15) is 0 Å². The summed E-state index contributed by atoms with van der Waals surface area (Å²) in [6, 6.07) is 8.03. The minimum Gasteiger partial charge on any atom is -0.480 e. The third kappa shape index (κ3) is 3.87. The number of hydrogen-bond donors (Lipinski definition) is 1. The molecule has 0 fully saturated rings. The van der Waals surface area contributed by atoms with Gasteiger partial charge in [-0.25, -0.2) is 32.7 Å². The van der Waals surface area contributed by atoms with E-state index in [4.69, 9.17) is 16.3 Å². The molecule has 30 heavy (non-hydrogen) atoms. The van der Waals surface area contributed by atoms with Crippen molar-refractivity contribution in [1.82, 2.24) is 19.9 Å². The predicted molar refractivity (Wildman–Crippen MR) is 109 cm³/mol. The fourth-order valence-electron chi connectivity index (χ4n) is 2.75. The average Bonchev–Trinajstić information content (AvgIpc) is 2.72. The van der Waals surface area contributed by atoms with E-state index in [-0.39, 0.29) is 21.5 Å². The Labute approximate surface area is 175 Å². The standard InChI is InChI=1S/C19H13ClFN5O3S/c1-29-19-16(26-30(27,28)18-5-2-12(21)7-13(18)20)6-11(8-23-19)14-3-4-15-17(25-14)9-22-10-24-15/h2-10,26H,1H3. The quantitative estimate of drug-likeness (QED) is 0.499. The Kier molecular flexibility index (Phi) is 5.18. The van der Waals surface area contributed by atoms with E-state index in [9.17, 15) is 12.8 Å². The molecule has 0 bridgehead atoms. The van der Waals surface area contributed by atoms with Crippen LogP contribution in [0.2, 0.25) is 5.02 Å². The first-order chi connectivity index (χ1) is 14.4. The van der Waals surface area contributed by atoms with Crippen molar-refractivity contribution in [2.24, 2.45) is 0 Å². The van der Waals surface area contributed by atoms with Gasteiger partial charge in [0.25, 0.3) is 10.0 Å². The Morgan fingerprint density at radius 1 is 1.07 bits per heavy atom. The Bertz CT molecular complexity index is 1370. The van der Waals surface area contributed by atoms with Crippen molar-refractivity contribution >= 4 is 38.3 Å². The highest BCUT2D eigenvalue weighted by Crippen LogP contribution is 2.31. The molecule has 0 radical (unpaired) electrons. The second-order valence-electron chi connectivity index (χ2n) is 6.08. The number of benzene rings is 1. The van der Waals surface area contributed by atoms with Gasteiger partial charge in [0.05, 0.1) is 29.5 Å². The van der Waals surface area contributed by atoms with E-state index in [1.54, 1.807) is 18.3 Å². The molecule has 0 aliphatic rings. The summed E-state index contributed by atoms with van der Waals surface area (Å²) in [5, 5.41) is -0.248. The Balaban J connectivity index is 1.75. The van der Waals surface area contributed by atoms with Gasteiger partial charge < -0.3 is 4.74 Å². The topological polar surface area (TPSA) is 107 Å². The van der Waals surface area contributed by atoms with Gasteiger partial charge in [-0.05, 0) is 36.4 Å². The van der Waals surface area contributed by atoms with Crippen molar-refractivity contribution in [1.29, 1.82) is 0 Å². The fourth-order valence-corrected chi connectivity index (χ4v) is 4.33. The molecule has 152 valence electrons. The van der Waals surface area contributed by atoms with Crippen LogP contribution in [0.5, 0.6) is 5.88 Å². The van der Waals surface area contributed by atoms with Gasteiger partial charge in [-0.3, -0.25) is 4.72 Å². The van der Waals surface area contributed by atoms with Gasteiger partial charge in [0, 0.05) is 11.8 Å². The third-order valence-corrected chi connectivity index (χ3v) is 5.98.